The van der Waals surface area contributed by atoms with Crippen molar-refractivity contribution in [1.29, 1.82) is 5.26 Å². The normalized spacial score (nSPS) is 10.7. The van der Waals surface area contributed by atoms with E-state index in [1.54, 1.807) is 24.3 Å². The molecule has 0 saturated heterocycles. The van der Waals surface area contributed by atoms with Crippen LogP contribution in [0.3, 0.4) is 0 Å². The smallest absolute Gasteiger partial charge is 0.157 e. The molecular formula is C23H18Cl2N2O2. The van der Waals surface area contributed by atoms with E-state index in [4.69, 9.17) is 38.0 Å². The highest BCUT2D eigenvalue weighted by atomic mass is 35.5. The molecule has 29 heavy (non-hydrogen) atoms. The van der Waals surface area contributed by atoms with Crippen LogP contribution in [-0.2, 0) is 18.1 Å². The summed E-state index contributed by atoms with van der Waals surface area (Å²) in [5.74, 6) is 0.427. The third kappa shape index (κ3) is 5.74. The molecule has 0 aromatic heterocycles. The van der Waals surface area contributed by atoms with Gasteiger partial charge in [-0.3, -0.25) is 0 Å². The zero-order chi connectivity index (χ0) is 20.6. The van der Waals surface area contributed by atoms with Crippen LogP contribution < -0.4 is 4.74 Å². The Bertz CT molecular complexity index is 1050. The third-order valence-corrected chi connectivity index (χ3v) is 4.68. The number of nitriles is 1. The fourth-order valence-electron chi connectivity index (χ4n) is 2.71. The van der Waals surface area contributed by atoms with Crippen LogP contribution in [0.25, 0.3) is 0 Å². The molecule has 0 spiro atoms. The van der Waals surface area contributed by atoms with Gasteiger partial charge in [0.25, 0.3) is 0 Å². The van der Waals surface area contributed by atoms with E-state index in [9.17, 15) is 0 Å². The van der Waals surface area contributed by atoms with Gasteiger partial charge < -0.3 is 9.57 Å². The quantitative estimate of drug-likeness (QED) is 0.330. The Kier molecular flexibility index (Phi) is 7.13. The van der Waals surface area contributed by atoms with Gasteiger partial charge in [0.15, 0.2) is 5.75 Å². The van der Waals surface area contributed by atoms with E-state index >= 15 is 0 Å². The number of hydrogen-bond donors (Lipinski definition) is 0. The van der Waals surface area contributed by atoms with E-state index in [0.29, 0.717) is 33.5 Å². The Morgan fingerprint density at radius 2 is 1.76 bits per heavy atom. The van der Waals surface area contributed by atoms with Crippen LogP contribution in [0, 0.1) is 18.3 Å². The van der Waals surface area contributed by atoms with Crippen molar-refractivity contribution in [2.45, 2.75) is 20.1 Å². The van der Waals surface area contributed by atoms with Crippen molar-refractivity contribution in [3.05, 3.63) is 98.5 Å². The second-order valence-corrected chi connectivity index (χ2v) is 7.18. The topological polar surface area (TPSA) is 54.6 Å². The van der Waals surface area contributed by atoms with Gasteiger partial charge in [0.2, 0.25) is 0 Å². The summed E-state index contributed by atoms with van der Waals surface area (Å²) in [5, 5.41) is 13.8. The number of aryl methyl sites for hydroxylation is 1. The van der Waals surface area contributed by atoms with Gasteiger partial charge in [0.05, 0.1) is 27.9 Å². The van der Waals surface area contributed by atoms with Crippen LogP contribution in [0.1, 0.15) is 27.8 Å². The summed E-state index contributed by atoms with van der Waals surface area (Å²) in [6, 6.07) is 20.8. The van der Waals surface area contributed by atoms with Gasteiger partial charge in [0.1, 0.15) is 13.2 Å². The van der Waals surface area contributed by atoms with Crippen LogP contribution >= 0.6 is 23.2 Å². The van der Waals surface area contributed by atoms with Gasteiger partial charge in [-0.2, -0.15) is 5.26 Å². The molecule has 0 amide bonds. The maximum Gasteiger partial charge on any atom is 0.157 e. The molecule has 0 N–H and O–H groups in total. The fourth-order valence-corrected chi connectivity index (χ4v) is 3.32. The van der Waals surface area contributed by atoms with E-state index in [0.717, 1.165) is 16.7 Å². The molecule has 0 heterocycles. The fraction of sp³-hybridized carbons (Fsp3) is 0.130. The molecule has 0 radical (unpaired) electrons. The monoisotopic (exact) mass is 424 g/mol. The highest BCUT2D eigenvalue weighted by Crippen LogP contribution is 2.34. The molecule has 0 aliphatic carbocycles. The van der Waals surface area contributed by atoms with Gasteiger partial charge >= 0.3 is 0 Å². The SMILES string of the molecule is Cc1cccc(COc2c(Cl)cc(/C=N\OCc3ccccc3C#N)cc2Cl)c1. The molecule has 3 aromatic carbocycles. The predicted octanol–water partition coefficient (Wildman–Crippen LogP) is 6.30. The second-order valence-electron chi connectivity index (χ2n) is 6.37. The molecule has 0 saturated carbocycles. The number of ether oxygens (including phenoxy) is 1. The predicted molar refractivity (Wildman–Crippen MR) is 116 cm³/mol. The molecule has 6 heteroatoms. The van der Waals surface area contributed by atoms with Crippen LogP contribution in [0.5, 0.6) is 5.75 Å². The molecule has 4 nitrogen and oxygen atoms in total. The lowest BCUT2D eigenvalue weighted by molar-refractivity contribution is 0.132. The minimum absolute atomic E-state index is 0.194. The van der Waals surface area contributed by atoms with Gasteiger partial charge in [-0.1, -0.05) is 76.4 Å². The van der Waals surface area contributed by atoms with E-state index in [1.165, 1.54) is 6.21 Å². The summed E-state index contributed by atoms with van der Waals surface area (Å²) in [4.78, 5) is 5.29. The van der Waals surface area contributed by atoms with E-state index in [1.807, 2.05) is 43.3 Å². The lowest BCUT2D eigenvalue weighted by atomic mass is 10.1. The first-order valence-electron chi connectivity index (χ1n) is 8.87. The summed E-state index contributed by atoms with van der Waals surface area (Å²) < 4.78 is 5.80. The summed E-state index contributed by atoms with van der Waals surface area (Å²) in [7, 11) is 0. The van der Waals surface area contributed by atoms with Gasteiger partial charge in [0, 0.05) is 5.56 Å². The first-order valence-corrected chi connectivity index (χ1v) is 9.63. The average molecular weight is 425 g/mol. The molecule has 0 fully saturated rings. The summed E-state index contributed by atoms with van der Waals surface area (Å²) in [5.41, 5.74) is 4.20. The Morgan fingerprint density at radius 3 is 2.48 bits per heavy atom. The van der Waals surface area contributed by atoms with Crippen molar-refractivity contribution in [3.63, 3.8) is 0 Å². The molecule has 3 rings (SSSR count). The third-order valence-electron chi connectivity index (χ3n) is 4.12. The summed E-state index contributed by atoms with van der Waals surface area (Å²) in [6.07, 6.45) is 1.51. The van der Waals surface area contributed by atoms with Crippen molar-refractivity contribution in [3.8, 4) is 11.8 Å². The first-order chi connectivity index (χ1) is 14.1. The van der Waals surface area contributed by atoms with Crippen LogP contribution in [0.4, 0.5) is 0 Å². The number of benzene rings is 3. The van der Waals surface area contributed by atoms with E-state index < -0.39 is 0 Å². The van der Waals surface area contributed by atoms with Gasteiger partial charge in [-0.15, -0.1) is 0 Å². The average Bonchev–Trinajstić information content (AvgIpc) is 2.71. The summed E-state index contributed by atoms with van der Waals surface area (Å²) in [6.45, 7) is 2.59. The van der Waals surface area contributed by atoms with E-state index in [-0.39, 0.29) is 6.61 Å². The van der Waals surface area contributed by atoms with Gasteiger partial charge in [-0.25, -0.2) is 0 Å². The lowest BCUT2D eigenvalue weighted by Gasteiger charge is -2.11. The second kappa shape index (κ2) is 9.97. The standard InChI is InChI=1S/C23H18Cl2N2O2/c1-16-5-4-6-17(9-16)14-28-23-21(24)10-18(11-22(23)25)13-27-29-15-20-8-3-2-7-19(20)12-26/h2-11,13H,14-15H2,1H3/b27-13-. The minimum Gasteiger partial charge on any atom is -0.486 e. The van der Waals surface area contributed by atoms with Crippen LogP contribution in [0.2, 0.25) is 10.0 Å². The van der Waals surface area contributed by atoms with Crippen molar-refractivity contribution >= 4 is 29.4 Å². The van der Waals surface area contributed by atoms with Crippen molar-refractivity contribution in [1.82, 2.24) is 0 Å². The maximum absolute atomic E-state index is 9.08. The largest absolute Gasteiger partial charge is 0.486 e. The van der Waals surface area contributed by atoms with Crippen molar-refractivity contribution in [2.75, 3.05) is 0 Å². The number of halogens is 2. The Labute approximate surface area is 179 Å². The molecular weight excluding hydrogens is 407 g/mol. The molecule has 0 atom stereocenters. The van der Waals surface area contributed by atoms with Crippen molar-refractivity contribution < 1.29 is 9.57 Å². The lowest BCUT2D eigenvalue weighted by Crippen LogP contribution is -1.98. The number of rotatable bonds is 7. The van der Waals surface area contributed by atoms with Crippen molar-refractivity contribution in [2.24, 2.45) is 5.16 Å². The zero-order valence-corrected chi connectivity index (χ0v) is 17.2. The Hall–Kier alpha value is -3.00. The highest BCUT2D eigenvalue weighted by molar-refractivity contribution is 6.37. The van der Waals surface area contributed by atoms with Gasteiger partial charge in [-0.05, 0) is 36.2 Å². The Morgan fingerprint density at radius 1 is 1.00 bits per heavy atom. The molecule has 146 valence electrons. The molecule has 0 aliphatic rings. The zero-order valence-electron chi connectivity index (χ0n) is 15.7. The number of nitrogens with zero attached hydrogens (tertiary/aromatic N) is 2. The maximum atomic E-state index is 9.08. The molecule has 3 aromatic rings. The molecule has 0 unspecified atom stereocenters. The van der Waals surface area contributed by atoms with Crippen LogP contribution in [0.15, 0.2) is 65.8 Å². The van der Waals surface area contributed by atoms with Crippen LogP contribution in [-0.4, -0.2) is 6.21 Å². The minimum atomic E-state index is 0.194. The Balaban J connectivity index is 1.62. The first kappa shape index (κ1) is 20.7. The number of hydrogen-bond acceptors (Lipinski definition) is 4. The molecule has 0 aliphatic heterocycles. The molecule has 0 bridgehead atoms. The number of oxime groups is 1. The highest BCUT2D eigenvalue weighted by Gasteiger charge is 2.10. The summed E-state index contributed by atoms with van der Waals surface area (Å²) >= 11 is 12.7. The van der Waals surface area contributed by atoms with E-state index in [2.05, 4.69) is 11.2 Å².